The van der Waals surface area contributed by atoms with Crippen LogP contribution in [0.3, 0.4) is 0 Å². The Kier molecular flexibility index (Phi) is 7.03. The van der Waals surface area contributed by atoms with Crippen molar-refractivity contribution in [3.63, 3.8) is 0 Å². The molecule has 0 unspecified atom stereocenters. The first-order chi connectivity index (χ1) is 19.4. The maximum absolute atomic E-state index is 13.7. The standard InChI is InChI=1S/C33H30FN3O3/c34-27-12-9-22(10-13-27)26-17-25-15-16-37(20-28-14-11-23-3-1-2-4-30(23)36-28)31(25)29(18-26)32(38)35-19-21-5-7-24(8-6-21)33(39)40/h1-4,9-18,21,24H,5-8,19-20H2,(H,35,38)(H,39,40). The van der Waals surface area contributed by atoms with Crippen LogP contribution in [0.4, 0.5) is 4.39 Å². The quantitative estimate of drug-likeness (QED) is 0.244. The van der Waals surface area contributed by atoms with Crippen molar-refractivity contribution < 1.29 is 19.1 Å². The molecule has 6 rings (SSSR count). The number of aliphatic carboxylic acids is 1. The van der Waals surface area contributed by atoms with Crippen molar-refractivity contribution in [3.8, 4) is 11.1 Å². The number of nitrogens with zero attached hydrogens (tertiary/aromatic N) is 2. The summed E-state index contributed by atoms with van der Waals surface area (Å²) in [5.41, 5.74) is 4.83. The zero-order valence-corrected chi connectivity index (χ0v) is 22.0. The van der Waals surface area contributed by atoms with E-state index >= 15 is 0 Å². The number of hydrogen-bond acceptors (Lipinski definition) is 3. The van der Waals surface area contributed by atoms with E-state index in [0.717, 1.165) is 51.5 Å². The fourth-order valence-electron chi connectivity index (χ4n) is 5.78. The van der Waals surface area contributed by atoms with Crippen LogP contribution in [0.1, 0.15) is 41.7 Å². The topological polar surface area (TPSA) is 84.2 Å². The van der Waals surface area contributed by atoms with E-state index in [-0.39, 0.29) is 23.6 Å². The number of carbonyl (C=O) groups excluding carboxylic acids is 1. The summed E-state index contributed by atoms with van der Waals surface area (Å²) in [6.45, 7) is 1.00. The second-order valence-electron chi connectivity index (χ2n) is 10.7. The summed E-state index contributed by atoms with van der Waals surface area (Å²) in [6, 6.07) is 24.2. The van der Waals surface area contributed by atoms with Gasteiger partial charge in [-0.2, -0.15) is 0 Å². The van der Waals surface area contributed by atoms with Crippen molar-refractivity contribution in [2.75, 3.05) is 6.54 Å². The van der Waals surface area contributed by atoms with Crippen LogP contribution in [-0.4, -0.2) is 33.1 Å². The molecule has 5 aromatic rings. The number of hydrogen-bond donors (Lipinski definition) is 2. The van der Waals surface area contributed by atoms with Crippen molar-refractivity contribution in [1.29, 1.82) is 0 Å². The Morgan fingerprint density at radius 3 is 2.45 bits per heavy atom. The van der Waals surface area contributed by atoms with Gasteiger partial charge >= 0.3 is 5.97 Å². The predicted octanol–water partition coefficient (Wildman–Crippen LogP) is 6.66. The molecule has 202 valence electrons. The van der Waals surface area contributed by atoms with Crippen molar-refractivity contribution in [3.05, 3.63) is 102 Å². The number of carboxylic acid groups (broad SMARTS) is 1. The normalized spacial score (nSPS) is 17.2. The second-order valence-corrected chi connectivity index (χ2v) is 10.7. The van der Waals surface area contributed by atoms with E-state index in [0.29, 0.717) is 31.5 Å². The van der Waals surface area contributed by atoms with Crippen molar-refractivity contribution in [1.82, 2.24) is 14.9 Å². The van der Waals surface area contributed by atoms with Gasteiger partial charge in [0, 0.05) is 23.5 Å². The molecule has 1 amide bonds. The number of aromatic nitrogens is 2. The Balaban J connectivity index is 1.32. The molecule has 0 atom stereocenters. The lowest BCUT2D eigenvalue weighted by Gasteiger charge is -2.26. The maximum Gasteiger partial charge on any atom is 0.306 e. The largest absolute Gasteiger partial charge is 0.481 e. The SMILES string of the molecule is O=C(NCC1CCC(C(=O)O)CC1)c1cc(-c2ccc(F)cc2)cc2ccn(Cc3ccc4ccccc4n3)c12. The van der Waals surface area contributed by atoms with Gasteiger partial charge in [-0.15, -0.1) is 0 Å². The van der Waals surface area contributed by atoms with Gasteiger partial charge in [-0.05, 0) is 85.2 Å². The van der Waals surface area contributed by atoms with Crippen LogP contribution in [0, 0.1) is 17.7 Å². The van der Waals surface area contributed by atoms with Crippen LogP contribution in [-0.2, 0) is 11.3 Å². The molecule has 0 aliphatic heterocycles. The van der Waals surface area contributed by atoms with Gasteiger partial charge in [0.2, 0.25) is 0 Å². The van der Waals surface area contributed by atoms with Crippen LogP contribution >= 0.6 is 0 Å². The molecule has 1 saturated carbocycles. The molecule has 0 radical (unpaired) electrons. The lowest BCUT2D eigenvalue weighted by molar-refractivity contribution is -0.143. The van der Waals surface area contributed by atoms with E-state index < -0.39 is 5.97 Å². The molecule has 2 N–H and O–H groups in total. The highest BCUT2D eigenvalue weighted by Crippen LogP contribution is 2.31. The fourth-order valence-corrected chi connectivity index (χ4v) is 5.78. The number of halogens is 1. The Hall–Kier alpha value is -4.52. The lowest BCUT2D eigenvalue weighted by atomic mass is 9.82. The summed E-state index contributed by atoms with van der Waals surface area (Å²) < 4.78 is 15.7. The average Bonchev–Trinajstić information content (AvgIpc) is 3.38. The highest BCUT2D eigenvalue weighted by Gasteiger charge is 2.26. The van der Waals surface area contributed by atoms with Crippen molar-refractivity contribution in [2.24, 2.45) is 11.8 Å². The van der Waals surface area contributed by atoms with Crippen molar-refractivity contribution in [2.45, 2.75) is 32.2 Å². The molecule has 0 spiro atoms. The van der Waals surface area contributed by atoms with E-state index in [4.69, 9.17) is 4.98 Å². The number of carbonyl (C=O) groups is 2. The number of nitrogens with one attached hydrogen (secondary N) is 1. The van der Waals surface area contributed by atoms with Gasteiger partial charge in [0.25, 0.3) is 5.91 Å². The molecular formula is C33H30FN3O3. The van der Waals surface area contributed by atoms with E-state index in [9.17, 15) is 19.1 Å². The highest BCUT2D eigenvalue weighted by atomic mass is 19.1. The number of amides is 1. The van der Waals surface area contributed by atoms with Gasteiger partial charge < -0.3 is 15.0 Å². The summed E-state index contributed by atoms with van der Waals surface area (Å²) in [7, 11) is 0. The first-order valence-electron chi connectivity index (χ1n) is 13.7. The summed E-state index contributed by atoms with van der Waals surface area (Å²) >= 11 is 0. The fraction of sp³-hybridized carbons (Fsp3) is 0.242. The van der Waals surface area contributed by atoms with Gasteiger partial charge in [-0.1, -0.05) is 36.4 Å². The minimum Gasteiger partial charge on any atom is -0.481 e. The minimum atomic E-state index is -0.732. The molecule has 2 heterocycles. The molecule has 1 aliphatic rings. The van der Waals surface area contributed by atoms with Gasteiger partial charge in [0.1, 0.15) is 5.82 Å². The van der Waals surface area contributed by atoms with Gasteiger partial charge in [0.05, 0.1) is 34.8 Å². The molecular weight excluding hydrogens is 505 g/mol. The summed E-state index contributed by atoms with van der Waals surface area (Å²) in [4.78, 5) is 29.8. The van der Waals surface area contributed by atoms with Gasteiger partial charge in [-0.3, -0.25) is 14.6 Å². The van der Waals surface area contributed by atoms with Crippen LogP contribution in [0.25, 0.3) is 32.9 Å². The number of para-hydroxylation sites is 1. The average molecular weight is 536 g/mol. The number of benzene rings is 3. The van der Waals surface area contributed by atoms with Crippen LogP contribution in [0.2, 0.25) is 0 Å². The minimum absolute atomic E-state index is 0.180. The number of carboxylic acids is 1. The first-order valence-corrected chi connectivity index (χ1v) is 13.7. The molecule has 0 bridgehead atoms. The maximum atomic E-state index is 13.7. The third kappa shape index (κ3) is 5.32. The molecule has 3 aromatic carbocycles. The number of rotatable bonds is 7. The Morgan fingerprint density at radius 2 is 1.68 bits per heavy atom. The predicted molar refractivity (Wildman–Crippen MR) is 154 cm³/mol. The Morgan fingerprint density at radius 1 is 0.900 bits per heavy atom. The summed E-state index contributed by atoms with van der Waals surface area (Å²) in [5.74, 6) is -1.26. The van der Waals surface area contributed by atoms with Crippen LogP contribution in [0.15, 0.2) is 85.1 Å². The number of pyridine rings is 1. The van der Waals surface area contributed by atoms with E-state index in [1.54, 1.807) is 12.1 Å². The molecule has 7 heteroatoms. The Labute approximate surface area is 231 Å². The van der Waals surface area contributed by atoms with Gasteiger partial charge in [0.15, 0.2) is 0 Å². The molecule has 1 fully saturated rings. The lowest BCUT2D eigenvalue weighted by Crippen LogP contribution is -2.32. The Bertz CT molecular complexity index is 1700. The summed E-state index contributed by atoms with van der Waals surface area (Å²) in [5, 5.41) is 14.4. The van der Waals surface area contributed by atoms with E-state index in [1.807, 2.05) is 59.3 Å². The smallest absolute Gasteiger partial charge is 0.306 e. The first kappa shape index (κ1) is 25.7. The highest BCUT2D eigenvalue weighted by molar-refractivity contribution is 6.08. The third-order valence-electron chi connectivity index (χ3n) is 8.02. The molecule has 6 nitrogen and oxygen atoms in total. The molecule has 1 aliphatic carbocycles. The molecule has 40 heavy (non-hydrogen) atoms. The molecule has 2 aromatic heterocycles. The van der Waals surface area contributed by atoms with Crippen LogP contribution < -0.4 is 5.32 Å². The zero-order chi connectivity index (χ0) is 27.6. The third-order valence-corrected chi connectivity index (χ3v) is 8.02. The van der Waals surface area contributed by atoms with E-state index in [2.05, 4.69) is 11.4 Å². The van der Waals surface area contributed by atoms with Gasteiger partial charge in [-0.25, -0.2) is 4.39 Å². The zero-order valence-electron chi connectivity index (χ0n) is 22.0. The van der Waals surface area contributed by atoms with E-state index in [1.165, 1.54) is 12.1 Å². The number of fused-ring (bicyclic) bond motifs is 2. The summed E-state index contributed by atoms with van der Waals surface area (Å²) in [6.07, 6.45) is 4.82. The monoisotopic (exact) mass is 535 g/mol. The van der Waals surface area contributed by atoms with Crippen molar-refractivity contribution >= 4 is 33.7 Å². The second kappa shape index (κ2) is 10.9. The van der Waals surface area contributed by atoms with Crippen LogP contribution in [0.5, 0.6) is 0 Å². The molecule has 0 saturated heterocycles.